The van der Waals surface area contributed by atoms with Crippen molar-refractivity contribution in [2.75, 3.05) is 12.3 Å². The van der Waals surface area contributed by atoms with Crippen molar-refractivity contribution in [1.29, 1.82) is 0 Å². The lowest BCUT2D eigenvalue weighted by atomic mass is 9.89. The largest absolute Gasteiger partial charge is 0.355 e. The van der Waals surface area contributed by atoms with Crippen LogP contribution >= 0.6 is 11.8 Å². The summed E-state index contributed by atoms with van der Waals surface area (Å²) in [7, 11) is 0. The molecule has 1 fully saturated rings. The van der Waals surface area contributed by atoms with E-state index in [0.29, 0.717) is 34.7 Å². The van der Waals surface area contributed by atoms with E-state index in [-0.39, 0.29) is 17.2 Å². The van der Waals surface area contributed by atoms with Crippen molar-refractivity contribution >= 4 is 34.3 Å². The smallest absolute Gasteiger partial charge is 0.262 e. The Morgan fingerprint density at radius 2 is 1.97 bits per heavy atom. The third kappa shape index (κ3) is 4.95. The maximum absolute atomic E-state index is 13.1. The molecule has 2 heterocycles. The van der Waals surface area contributed by atoms with Crippen LogP contribution in [0.4, 0.5) is 0 Å². The van der Waals surface area contributed by atoms with Crippen LogP contribution in [0.25, 0.3) is 16.7 Å². The molecule has 0 unspecified atom stereocenters. The van der Waals surface area contributed by atoms with E-state index in [1.165, 1.54) is 43.9 Å². The first-order valence-corrected chi connectivity index (χ1v) is 12.3. The van der Waals surface area contributed by atoms with E-state index < -0.39 is 0 Å². The third-order valence-electron chi connectivity index (χ3n) is 6.05. The van der Waals surface area contributed by atoms with Gasteiger partial charge in [0.2, 0.25) is 11.7 Å². The maximum Gasteiger partial charge on any atom is 0.262 e. The number of nitrogens with zero attached hydrogens (tertiary/aromatic N) is 4. The zero-order valence-electron chi connectivity index (χ0n) is 18.3. The van der Waals surface area contributed by atoms with E-state index in [9.17, 15) is 9.59 Å². The summed E-state index contributed by atoms with van der Waals surface area (Å²) in [4.78, 5) is 25.5. The summed E-state index contributed by atoms with van der Waals surface area (Å²) >= 11 is 1.37. The summed E-state index contributed by atoms with van der Waals surface area (Å²) in [6.07, 6.45) is 7.16. The number of aryl methyl sites for hydroxylation is 1. The highest BCUT2D eigenvalue weighted by Gasteiger charge is 2.18. The van der Waals surface area contributed by atoms with Gasteiger partial charge in [0, 0.05) is 13.1 Å². The topological polar surface area (TPSA) is 81.3 Å². The van der Waals surface area contributed by atoms with E-state index >= 15 is 0 Å². The number of amides is 1. The molecule has 2 aromatic heterocycles. The number of benzene rings is 1. The molecule has 8 heteroatoms. The van der Waals surface area contributed by atoms with Gasteiger partial charge >= 0.3 is 0 Å². The highest BCUT2D eigenvalue weighted by Crippen LogP contribution is 2.24. The second-order valence-electron chi connectivity index (χ2n) is 8.87. The SMILES string of the molecule is CC(C)CCn1c(=O)c2ccccc2n2c(SCC(=O)NCC3CCCCC3)nnc12. The second kappa shape index (κ2) is 9.85. The van der Waals surface area contributed by atoms with Crippen LogP contribution in [-0.4, -0.2) is 37.4 Å². The molecular formula is C23H31N5O2S. The molecule has 1 amide bonds. The first kappa shape index (κ1) is 21.9. The lowest BCUT2D eigenvalue weighted by Gasteiger charge is -2.21. The van der Waals surface area contributed by atoms with E-state index in [2.05, 4.69) is 29.4 Å². The van der Waals surface area contributed by atoms with E-state index in [0.717, 1.165) is 18.5 Å². The molecular weight excluding hydrogens is 410 g/mol. The number of para-hydroxylation sites is 1. The van der Waals surface area contributed by atoms with Gasteiger partial charge in [-0.05, 0) is 43.2 Å². The van der Waals surface area contributed by atoms with Gasteiger partial charge in [-0.2, -0.15) is 0 Å². The number of hydrogen-bond donors (Lipinski definition) is 1. The van der Waals surface area contributed by atoms with Gasteiger partial charge in [-0.25, -0.2) is 0 Å². The summed E-state index contributed by atoms with van der Waals surface area (Å²) in [5.41, 5.74) is 0.733. The van der Waals surface area contributed by atoms with Crippen LogP contribution in [0.3, 0.4) is 0 Å². The third-order valence-corrected chi connectivity index (χ3v) is 6.98. The zero-order valence-corrected chi connectivity index (χ0v) is 19.2. The number of thioether (sulfide) groups is 1. The lowest BCUT2D eigenvalue weighted by Crippen LogP contribution is -2.31. The fraction of sp³-hybridized carbons (Fsp3) is 0.565. The fourth-order valence-electron chi connectivity index (χ4n) is 4.25. The number of rotatable bonds is 8. The van der Waals surface area contributed by atoms with Crippen LogP contribution in [0.15, 0.2) is 34.2 Å². The Kier molecular flexibility index (Phi) is 6.95. The minimum absolute atomic E-state index is 0.0183. The van der Waals surface area contributed by atoms with Crippen molar-refractivity contribution < 1.29 is 4.79 Å². The van der Waals surface area contributed by atoms with Crippen molar-refractivity contribution in [3.63, 3.8) is 0 Å². The lowest BCUT2D eigenvalue weighted by molar-refractivity contribution is -0.118. The Hall–Kier alpha value is -2.35. The molecule has 1 saturated carbocycles. The van der Waals surface area contributed by atoms with Crippen LogP contribution < -0.4 is 10.9 Å². The minimum Gasteiger partial charge on any atom is -0.355 e. The summed E-state index contributed by atoms with van der Waals surface area (Å²) in [5, 5.41) is 13.0. The van der Waals surface area contributed by atoms with Crippen LogP contribution in [-0.2, 0) is 11.3 Å². The number of carbonyl (C=O) groups is 1. The number of fused-ring (bicyclic) bond motifs is 3. The predicted octanol–water partition coefficient (Wildman–Crippen LogP) is 3.88. The second-order valence-corrected chi connectivity index (χ2v) is 9.81. The molecule has 0 radical (unpaired) electrons. The van der Waals surface area contributed by atoms with Gasteiger partial charge in [0.1, 0.15) is 0 Å². The Morgan fingerprint density at radius 3 is 2.74 bits per heavy atom. The molecule has 3 aromatic rings. The quantitative estimate of drug-likeness (QED) is 0.537. The van der Waals surface area contributed by atoms with Crippen molar-refractivity contribution in [3.05, 3.63) is 34.6 Å². The van der Waals surface area contributed by atoms with Crippen LogP contribution in [0.5, 0.6) is 0 Å². The minimum atomic E-state index is -0.0436. The zero-order chi connectivity index (χ0) is 21.8. The Labute approximate surface area is 186 Å². The van der Waals surface area contributed by atoms with Gasteiger partial charge in [0.05, 0.1) is 16.7 Å². The summed E-state index contributed by atoms with van der Waals surface area (Å²) in [6, 6.07) is 7.53. The number of carbonyl (C=O) groups excluding carboxylic acids is 1. The normalized spacial score (nSPS) is 15.2. The van der Waals surface area contributed by atoms with E-state index in [1.807, 2.05) is 28.7 Å². The molecule has 0 spiro atoms. The summed E-state index contributed by atoms with van der Waals surface area (Å²) in [6.45, 7) is 5.63. The molecule has 1 aromatic carbocycles. The predicted molar refractivity (Wildman–Crippen MR) is 125 cm³/mol. The van der Waals surface area contributed by atoms with Gasteiger partial charge in [-0.3, -0.25) is 18.6 Å². The molecule has 7 nitrogen and oxygen atoms in total. The van der Waals surface area contributed by atoms with E-state index in [1.54, 1.807) is 4.57 Å². The number of hydrogen-bond acceptors (Lipinski definition) is 5. The summed E-state index contributed by atoms with van der Waals surface area (Å²) in [5.74, 6) is 1.92. The molecule has 0 aliphatic heterocycles. The molecule has 0 saturated heterocycles. The Balaban J connectivity index is 1.55. The average Bonchev–Trinajstić information content (AvgIpc) is 3.20. The molecule has 4 rings (SSSR count). The highest BCUT2D eigenvalue weighted by atomic mass is 32.2. The first-order chi connectivity index (χ1) is 15.0. The highest BCUT2D eigenvalue weighted by molar-refractivity contribution is 7.99. The first-order valence-electron chi connectivity index (χ1n) is 11.3. The number of aromatic nitrogens is 4. The standard InChI is InChI=1S/C23H31N5O2S/c1-16(2)12-13-27-21(30)18-10-6-7-11-19(18)28-22(27)25-26-23(28)31-15-20(29)24-14-17-8-4-3-5-9-17/h6-7,10-11,16-17H,3-5,8-9,12-15H2,1-2H3,(H,24,29). The Morgan fingerprint density at radius 1 is 1.19 bits per heavy atom. The molecule has 31 heavy (non-hydrogen) atoms. The molecule has 1 aliphatic rings. The van der Waals surface area contributed by atoms with Gasteiger partial charge in [0.25, 0.3) is 5.56 Å². The van der Waals surface area contributed by atoms with Gasteiger partial charge in [-0.1, -0.05) is 57.0 Å². The van der Waals surface area contributed by atoms with E-state index in [4.69, 9.17) is 0 Å². The van der Waals surface area contributed by atoms with Crippen molar-refractivity contribution in [2.45, 2.75) is 64.1 Å². The van der Waals surface area contributed by atoms with Gasteiger partial charge in [-0.15, -0.1) is 10.2 Å². The van der Waals surface area contributed by atoms with Crippen molar-refractivity contribution in [2.24, 2.45) is 11.8 Å². The van der Waals surface area contributed by atoms with Crippen molar-refractivity contribution in [1.82, 2.24) is 24.5 Å². The van der Waals surface area contributed by atoms with Gasteiger partial charge < -0.3 is 5.32 Å². The molecule has 0 bridgehead atoms. The monoisotopic (exact) mass is 441 g/mol. The van der Waals surface area contributed by atoms with Crippen LogP contribution in [0.2, 0.25) is 0 Å². The maximum atomic E-state index is 13.1. The number of nitrogens with one attached hydrogen (secondary N) is 1. The van der Waals surface area contributed by atoms with Gasteiger partial charge in [0.15, 0.2) is 5.16 Å². The molecule has 166 valence electrons. The molecule has 1 N–H and O–H groups in total. The molecule has 0 atom stereocenters. The Bertz CT molecular complexity index is 1110. The van der Waals surface area contributed by atoms with Crippen LogP contribution in [0, 0.1) is 11.8 Å². The fourth-order valence-corrected chi connectivity index (χ4v) is 5.02. The molecule has 1 aliphatic carbocycles. The summed E-state index contributed by atoms with van der Waals surface area (Å²) < 4.78 is 3.62. The average molecular weight is 442 g/mol. The van der Waals surface area contributed by atoms with Crippen molar-refractivity contribution in [3.8, 4) is 0 Å². The van der Waals surface area contributed by atoms with Crippen LogP contribution in [0.1, 0.15) is 52.4 Å².